The molecule has 0 aliphatic heterocycles. The van der Waals surface area contributed by atoms with Gasteiger partial charge in [-0.05, 0) is 32.6 Å². The highest BCUT2D eigenvalue weighted by molar-refractivity contribution is 4.90. The highest BCUT2D eigenvalue weighted by Crippen LogP contribution is 2.27. The lowest BCUT2D eigenvalue weighted by molar-refractivity contribution is -0.727. The average molecular weight is 420 g/mol. The zero-order valence-electron chi connectivity index (χ0n) is 21.2. The van der Waals surface area contributed by atoms with Crippen molar-refractivity contribution in [1.82, 2.24) is 4.98 Å². The van der Waals surface area contributed by atoms with Crippen molar-refractivity contribution in [3.8, 4) is 0 Å². The van der Waals surface area contributed by atoms with Gasteiger partial charge in [-0.25, -0.2) is 9.55 Å². The Morgan fingerprint density at radius 2 is 1.07 bits per heavy atom. The summed E-state index contributed by atoms with van der Waals surface area (Å²) in [6.45, 7) is 9.35. The van der Waals surface area contributed by atoms with Gasteiger partial charge in [0, 0.05) is 0 Å². The summed E-state index contributed by atoms with van der Waals surface area (Å²) in [5.74, 6) is 2.23. The minimum atomic E-state index is 0.625. The number of hydrogen-bond acceptors (Lipinski definition) is 0. The summed E-state index contributed by atoms with van der Waals surface area (Å²) in [6, 6.07) is 0.625. The van der Waals surface area contributed by atoms with Crippen LogP contribution in [0.1, 0.15) is 167 Å². The van der Waals surface area contributed by atoms with E-state index in [-0.39, 0.29) is 0 Å². The first-order valence-electron chi connectivity index (χ1n) is 13.8. The van der Waals surface area contributed by atoms with Crippen LogP contribution in [0, 0.1) is 0 Å². The lowest BCUT2D eigenvalue weighted by atomic mass is 9.93. The molecule has 2 nitrogen and oxygen atoms in total. The zero-order valence-corrected chi connectivity index (χ0v) is 21.2. The van der Waals surface area contributed by atoms with Gasteiger partial charge in [-0.2, -0.15) is 0 Å². The van der Waals surface area contributed by atoms with Crippen LogP contribution >= 0.6 is 0 Å². The van der Waals surface area contributed by atoms with E-state index in [2.05, 4.69) is 49.6 Å². The second-order valence-corrected chi connectivity index (χ2v) is 9.76. The number of imidazole rings is 1. The van der Waals surface area contributed by atoms with E-state index in [1.54, 1.807) is 0 Å². The fourth-order valence-electron chi connectivity index (χ4n) is 4.84. The number of rotatable bonds is 21. The lowest BCUT2D eigenvalue weighted by Gasteiger charge is -2.17. The van der Waals surface area contributed by atoms with Crippen molar-refractivity contribution in [3.63, 3.8) is 0 Å². The third-order valence-corrected chi connectivity index (χ3v) is 6.89. The predicted molar refractivity (Wildman–Crippen MR) is 133 cm³/mol. The molecule has 0 amide bonds. The Kier molecular flexibility index (Phi) is 17.2. The van der Waals surface area contributed by atoms with Crippen LogP contribution in [0.15, 0.2) is 12.4 Å². The standard InChI is InChI=1S/C28H54N2/c1-5-8-11-14-17-20-23-27(22-19-16-13-10-7-3)28-29-24-25-30(28)26(4)21-18-15-12-9-6-2/h24-27H,5-23H2,1-4H3/p+1. The number of nitrogens with zero attached hydrogens (tertiary/aromatic N) is 1. The van der Waals surface area contributed by atoms with Gasteiger partial charge in [0.1, 0.15) is 12.4 Å². The second kappa shape index (κ2) is 18.9. The molecule has 0 radical (unpaired) electrons. The summed E-state index contributed by atoms with van der Waals surface area (Å²) in [5.41, 5.74) is 0. The maximum Gasteiger partial charge on any atom is 0.257 e. The normalized spacial score (nSPS) is 13.6. The first kappa shape index (κ1) is 27.2. The van der Waals surface area contributed by atoms with E-state index in [1.165, 1.54) is 128 Å². The number of aromatic nitrogens is 2. The van der Waals surface area contributed by atoms with Gasteiger partial charge in [0.05, 0.1) is 12.0 Å². The molecule has 0 aliphatic carbocycles. The van der Waals surface area contributed by atoms with Crippen LogP contribution in [-0.4, -0.2) is 4.98 Å². The molecule has 2 atom stereocenters. The number of hydrogen-bond donors (Lipinski definition) is 1. The Morgan fingerprint density at radius 3 is 1.57 bits per heavy atom. The van der Waals surface area contributed by atoms with Crippen molar-refractivity contribution in [2.75, 3.05) is 0 Å². The molecular formula is C28H55N2+. The largest absolute Gasteiger partial charge is 0.257 e. The van der Waals surface area contributed by atoms with Crippen LogP contribution < -0.4 is 4.57 Å². The first-order chi connectivity index (χ1) is 14.7. The van der Waals surface area contributed by atoms with Crippen LogP contribution in [0.25, 0.3) is 0 Å². The molecule has 30 heavy (non-hydrogen) atoms. The third kappa shape index (κ3) is 12.2. The van der Waals surface area contributed by atoms with E-state index in [4.69, 9.17) is 0 Å². The molecular weight excluding hydrogens is 364 g/mol. The molecule has 2 unspecified atom stereocenters. The summed E-state index contributed by atoms with van der Waals surface area (Å²) in [7, 11) is 0. The molecule has 0 spiro atoms. The van der Waals surface area contributed by atoms with Gasteiger partial charge in [0.2, 0.25) is 0 Å². The van der Waals surface area contributed by atoms with Crippen molar-refractivity contribution in [3.05, 3.63) is 18.2 Å². The van der Waals surface area contributed by atoms with Crippen LogP contribution in [0.3, 0.4) is 0 Å². The van der Waals surface area contributed by atoms with Gasteiger partial charge in [0.25, 0.3) is 5.82 Å². The molecule has 2 heteroatoms. The number of H-pyrrole nitrogens is 1. The number of nitrogens with one attached hydrogen (secondary N) is 1. The van der Waals surface area contributed by atoms with E-state index >= 15 is 0 Å². The monoisotopic (exact) mass is 419 g/mol. The fourth-order valence-corrected chi connectivity index (χ4v) is 4.84. The third-order valence-electron chi connectivity index (χ3n) is 6.89. The van der Waals surface area contributed by atoms with E-state index in [0.29, 0.717) is 6.04 Å². The summed E-state index contributed by atoms with van der Waals surface area (Å²) >= 11 is 0. The van der Waals surface area contributed by atoms with Gasteiger partial charge < -0.3 is 0 Å². The molecule has 0 aromatic carbocycles. The average Bonchev–Trinajstić information content (AvgIpc) is 3.24. The van der Waals surface area contributed by atoms with Gasteiger partial charge in [-0.3, -0.25) is 0 Å². The number of aromatic amines is 1. The first-order valence-corrected chi connectivity index (χ1v) is 13.8. The van der Waals surface area contributed by atoms with Crippen LogP contribution in [-0.2, 0) is 0 Å². The molecule has 0 bridgehead atoms. The molecule has 1 rings (SSSR count). The number of unbranched alkanes of at least 4 members (excludes halogenated alkanes) is 13. The van der Waals surface area contributed by atoms with Crippen LogP contribution in [0.5, 0.6) is 0 Å². The molecule has 0 aliphatic rings. The minimum absolute atomic E-state index is 0.625. The van der Waals surface area contributed by atoms with Gasteiger partial charge in [0.15, 0.2) is 0 Å². The highest BCUT2D eigenvalue weighted by Gasteiger charge is 2.25. The molecule has 0 saturated heterocycles. The Bertz CT molecular complexity index is 479. The summed E-state index contributed by atoms with van der Waals surface area (Å²) < 4.78 is 2.59. The van der Waals surface area contributed by atoms with Crippen molar-refractivity contribution < 1.29 is 4.57 Å². The SMILES string of the molecule is CCCCCCCCC(CCCCCCC)c1[nH]cc[n+]1C(C)CCCCCCC. The van der Waals surface area contributed by atoms with E-state index in [9.17, 15) is 0 Å². The molecule has 0 saturated carbocycles. The molecule has 1 N–H and O–H groups in total. The topological polar surface area (TPSA) is 19.7 Å². The zero-order chi connectivity index (χ0) is 21.9. The van der Waals surface area contributed by atoms with Gasteiger partial charge in [-0.15, -0.1) is 0 Å². The molecule has 1 heterocycles. The van der Waals surface area contributed by atoms with Gasteiger partial charge in [-0.1, -0.05) is 117 Å². The Labute approximate surface area is 189 Å². The second-order valence-electron chi connectivity index (χ2n) is 9.76. The van der Waals surface area contributed by atoms with Crippen molar-refractivity contribution in [2.45, 2.75) is 162 Å². The quantitative estimate of drug-likeness (QED) is 0.151. The maximum absolute atomic E-state index is 3.67. The van der Waals surface area contributed by atoms with Crippen LogP contribution in [0.4, 0.5) is 0 Å². The van der Waals surface area contributed by atoms with Crippen molar-refractivity contribution in [2.24, 2.45) is 0 Å². The summed E-state index contributed by atoms with van der Waals surface area (Å²) in [4.78, 5) is 3.67. The Balaban J connectivity index is 2.57. The highest BCUT2D eigenvalue weighted by atomic mass is 15.1. The van der Waals surface area contributed by atoms with E-state index < -0.39 is 0 Å². The fraction of sp³-hybridized carbons (Fsp3) is 0.893. The lowest BCUT2D eigenvalue weighted by Crippen LogP contribution is -2.41. The van der Waals surface area contributed by atoms with Crippen molar-refractivity contribution >= 4 is 0 Å². The van der Waals surface area contributed by atoms with Crippen molar-refractivity contribution in [1.29, 1.82) is 0 Å². The van der Waals surface area contributed by atoms with E-state index in [1.807, 2.05) is 0 Å². The minimum Gasteiger partial charge on any atom is -0.247 e. The molecule has 176 valence electrons. The Morgan fingerprint density at radius 1 is 0.633 bits per heavy atom. The molecule has 0 fully saturated rings. The van der Waals surface area contributed by atoms with Gasteiger partial charge >= 0.3 is 0 Å². The molecule has 1 aromatic rings. The smallest absolute Gasteiger partial charge is 0.247 e. The molecule has 1 aromatic heterocycles. The van der Waals surface area contributed by atoms with E-state index in [0.717, 1.165) is 5.92 Å². The predicted octanol–water partition coefficient (Wildman–Crippen LogP) is 9.42. The summed E-state index contributed by atoms with van der Waals surface area (Å²) in [5, 5.41) is 0. The Hall–Kier alpha value is -0.790. The van der Waals surface area contributed by atoms with Crippen LogP contribution in [0.2, 0.25) is 0 Å². The summed E-state index contributed by atoms with van der Waals surface area (Å²) in [6.07, 6.45) is 30.9. The maximum atomic E-state index is 3.67.